The monoisotopic (exact) mass is 285 g/mol. The van der Waals surface area contributed by atoms with Gasteiger partial charge in [-0.1, -0.05) is 17.3 Å². The van der Waals surface area contributed by atoms with Crippen LogP contribution in [0.25, 0.3) is 11.1 Å². The number of nitrogens with one attached hydrogen (secondary N) is 1. The summed E-state index contributed by atoms with van der Waals surface area (Å²) in [5.74, 6) is 0.631. The summed E-state index contributed by atoms with van der Waals surface area (Å²) in [5.41, 5.74) is 1.39. The Kier molecular flexibility index (Phi) is 3.42. The van der Waals surface area contributed by atoms with Gasteiger partial charge < -0.3 is 9.84 Å². The van der Waals surface area contributed by atoms with E-state index >= 15 is 0 Å². The van der Waals surface area contributed by atoms with Gasteiger partial charge in [-0.2, -0.15) is 4.98 Å². The Morgan fingerprint density at radius 3 is 3.10 bits per heavy atom. The maximum Gasteiger partial charge on any atom is 0.269 e. The predicted octanol–water partition coefficient (Wildman–Crippen LogP) is 2.18. The number of nitro groups is 1. The van der Waals surface area contributed by atoms with E-state index in [9.17, 15) is 10.1 Å². The highest BCUT2D eigenvalue weighted by Crippen LogP contribution is 2.18. The van der Waals surface area contributed by atoms with Crippen LogP contribution in [0.4, 0.5) is 11.5 Å². The third kappa shape index (κ3) is 2.78. The van der Waals surface area contributed by atoms with Crippen molar-refractivity contribution in [3.05, 3.63) is 52.5 Å². The van der Waals surface area contributed by atoms with E-state index in [0.717, 1.165) is 5.56 Å². The fourth-order valence-electron chi connectivity index (χ4n) is 1.99. The molecule has 0 fully saturated rings. The zero-order chi connectivity index (χ0) is 14.7. The second-order valence-electron chi connectivity index (χ2n) is 4.37. The molecule has 0 aliphatic carbocycles. The molecule has 3 rings (SSSR count). The van der Waals surface area contributed by atoms with Crippen LogP contribution in [0.3, 0.4) is 0 Å². The standard InChI is InChI=1S/C13H11N5O3/c19-18(20)10-3-1-2-9(6-10)4-5-14-12-11-7-17-21-13(11)16-8-15-12/h1-3,6-8H,4-5H2,(H,14,15,16). The van der Waals surface area contributed by atoms with Gasteiger partial charge in [0.1, 0.15) is 17.5 Å². The van der Waals surface area contributed by atoms with Crippen LogP contribution < -0.4 is 5.32 Å². The summed E-state index contributed by atoms with van der Waals surface area (Å²) in [5, 5.41) is 18.2. The van der Waals surface area contributed by atoms with Crippen molar-refractivity contribution in [3.8, 4) is 0 Å². The molecule has 0 saturated heterocycles. The van der Waals surface area contributed by atoms with Gasteiger partial charge in [-0.15, -0.1) is 0 Å². The highest BCUT2D eigenvalue weighted by molar-refractivity contribution is 5.84. The minimum Gasteiger partial charge on any atom is -0.369 e. The van der Waals surface area contributed by atoms with Crippen LogP contribution in [0.2, 0.25) is 0 Å². The molecular formula is C13H11N5O3. The van der Waals surface area contributed by atoms with E-state index in [2.05, 4.69) is 20.4 Å². The molecule has 8 nitrogen and oxygen atoms in total. The van der Waals surface area contributed by atoms with E-state index in [1.54, 1.807) is 18.3 Å². The molecule has 0 radical (unpaired) electrons. The van der Waals surface area contributed by atoms with Gasteiger partial charge in [-0.25, -0.2) is 4.98 Å². The number of hydrogen-bond donors (Lipinski definition) is 1. The summed E-state index contributed by atoms with van der Waals surface area (Å²) in [6.45, 7) is 0.582. The number of anilines is 1. The minimum absolute atomic E-state index is 0.0935. The van der Waals surface area contributed by atoms with Gasteiger partial charge in [0.25, 0.3) is 11.4 Å². The third-order valence-corrected chi connectivity index (χ3v) is 3.00. The van der Waals surface area contributed by atoms with Crippen molar-refractivity contribution in [1.29, 1.82) is 0 Å². The summed E-state index contributed by atoms with van der Waals surface area (Å²) in [6.07, 6.45) is 3.58. The minimum atomic E-state index is -0.401. The van der Waals surface area contributed by atoms with Crippen LogP contribution in [0.1, 0.15) is 5.56 Å². The molecule has 0 bridgehead atoms. The fraction of sp³-hybridized carbons (Fsp3) is 0.154. The Bertz CT molecular complexity index is 786. The number of fused-ring (bicyclic) bond motifs is 1. The molecule has 0 aliphatic heterocycles. The third-order valence-electron chi connectivity index (χ3n) is 3.00. The summed E-state index contributed by atoms with van der Waals surface area (Å²) >= 11 is 0. The van der Waals surface area contributed by atoms with Gasteiger partial charge in [-0.05, 0) is 12.0 Å². The van der Waals surface area contributed by atoms with Gasteiger partial charge >= 0.3 is 0 Å². The first-order valence-corrected chi connectivity index (χ1v) is 6.26. The Hall–Kier alpha value is -3.03. The quantitative estimate of drug-likeness (QED) is 0.565. The summed E-state index contributed by atoms with van der Waals surface area (Å²) in [6, 6.07) is 6.57. The fourth-order valence-corrected chi connectivity index (χ4v) is 1.99. The number of nitro benzene ring substituents is 1. The lowest BCUT2D eigenvalue weighted by atomic mass is 10.1. The van der Waals surface area contributed by atoms with Crippen molar-refractivity contribution in [2.75, 3.05) is 11.9 Å². The average molecular weight is 285 g/mol. The van der Waals surface area contributed by atoms with Gasteiger partial charge in [0.15, 0.2) is 0 Å². The van der Waals surface area contributed by atoms with Crippen LogP contribution in [0, 0.1) is 10.1 Å². The van der Waals surface area contributed by atoms with Crippen molar-refractivity contribution < 1.29 is 9.45 Å². The number of nitrogens with zero attached hydrogens (tertiary/aromatic N) is 4. The van der Waals surface area contributed by atoms with Crippen LogP contribution in [0.15, 0.2) is 41.3 Å². The average Bonchev–Trinajstić information content (AvgIpc) is 2.97. The normalized spacial score (nSPS) is 10.7. The van der Waals surface area contributed by atoms with Gasteiger partial charge in [-0.3, -0.25) is 10.1 Å². The highest BCUT2D eigenvalue weighted by atomic mass is 16.6. The smallest absolute Gasteiger partial charge is 0.269 e. The number of non-ortho nitro benzene ring substituents is 1. The topological polar surface area (TPSA) is 107 Å². The van der Waals surface area contributed by atoms with E-state index in [0.29, 0.717) is 29.9 Å². The Morgan fingerprint density at radius 1 is 1.33 bits per heavy atom. The van der Waals surface area contributed by atoms with E-state index in [4.69, 9.17) is 4.52 Å². The first kappa shape index (κ1) is 13.0. The van der Waals surface area contributed by atoms with Crippen molar-refractivity contribution >= 4 is 22.6 Å². The molecule has 21 heavy (non-hydrogen) atoms. The molecule has 1 aromatic carbocycles. The molecule has 2 aromatic heterocycles. The van der Waals surface area contributed by atoms with E-state index in [1.165, 1.54) is 12.4 Å². The molecule has 2 heterocycles. The van der Waals surface area contributed by atoms with Crippen LogP contribution in [-0.2, 0) is 6.42 Å². The molecule has 0 amide bonds. The zero-order valence-electron chi connectivity index (χ0n) is 10.9. The molecule has 8 heteroatoms. The number of aromatic nitrogens is 3. The molecule has 106 valence electrons. The molecule has 0 aliphatic rings. The molecule has 0 spiro atoms. The molecule has 1 N–H and O–H groups in total. The molecule has 0 atom stereocenters. The lowest BCUT2D eigenvalue weighted by molar-refractivity contribution is -0.384. The molecule has 0 unspecified atom stereocenters. The zero-order valence-corrected chi connectivity index (χ0v) is 10.9. The van der Waals surface area contributed by atoms with Gasteiger partial charge in [0.2, 0.25) is 0 Å². The van der Waals surface area contributed by atoms with E-state index < -0.39 is 4.92 Å². The molecular weight excluding hydrogens is 274 g/mol. The van der Waals surface area contributed by atoms with Crippen molar-refractivity contribution in [2.45, 2.75) is 6.42 Å². The van der Waals surface area contributed by atoms with Crippen molar-refractivity contribution in [2.24, 2.45) is 0 Å². The number of benzene rings is 1. The maximum atomic E-state index is 10.7. The lowest BCUT2D eigenvalue weighted by Gasteiger charge is -2.05. The second kappa shape index (κ2) is 5.53. The highest BCUT2D eigenvalue weighted by Gasteiger charge is 2.08. The Balaban J connectivity index is 1.67. The molecule has 0 saturated carbocycles. The summed E-state index contributed by atoms with van der Waals surface area (Å²) < 4.78 is 4.95. The van der Waals surface area contributed by atoms with Crippen molar-refractivity contribution in [1.82, 2.24) is 15.1 Å². The van der Waals surface area contributed by atoms with Crippen LogP contribution >= 0.6 is 0 Å². The second-order valence-corrected chi connectivity index (χ2v) is 4.37. The van der Waals surface area contributed by atoms with Gasteiger partial charge in [0.05, 0.1) is 11.1 Å². The number of hydrogen-bond acceptors (Lipinski definition) is 7. The number of rotatable bonds is 5. The van der Waals surface area contributed by atoms with Gasteiger partial charge in [0, 0.05) is 18.7 Å². The lowest BCUT2D eigenvalue weighted by Crippen LogP contribution is -2.07. The first-order valence-electron chi connectivity index (χ1n) is 6.26. The van der Waals surface area contributed by atoms with E-state index in [-0.39, 0.29) is 5.69 Å². The SMILES string of the molecule is O=[N+]([O-])c1cccc(CCNc2ncnc3oncc23)c1. The predicted molar refractivity (Wildman–Crippen MR) is 74.9 cm³/mol. The Labute approximate surface area is 119 Å². The summed E-state index contributed by atoms with van der Waals surface area (Å²) in [7, 11) is 0. The van der Waals surface area contributed by atoms with Crippen molar-refractivity contribution in [3.63, 3.8) is 0 Å². The first-order chi connectivity index (χ1) is 10.2. The Morgan fingerprint density at radius 2 is 2.24 bits per heavy atom. The van der Waals surface area contributed by atoms with Crippen LogP contribution in [0.5, 0.6) is 0 Å². The maximum absolute atomic E-state index is 10.7. The largest absolute Gasteiger partial charge is 0.369 e. The van der Waals surface area contributed by atoms with E-state index in [1.807, 2.05) is 6.07 Å². The van der Waals surface area contributed by atoms with Crippen LogP contribution in [-0.4, -0.2) is 26.6 Å². The summed E-state index contributed by atoms with van der Waals surface area (Å²) in [4.78, 5) is 18.4. The molecule has 3 aromatic rings.